The van der Waals surface area contributed by atoms with Gasteiger partial charge in [0.25, 0.3) is 0 Å². The van der Waals surface area contributed by atoms with Gasteiger partial charge in [0, 0.05) is 0 Å². The van der Waals surface area contributed by atoms with Gasteiger partial charge in [-0.05, 0) is 25.7 Å². The normalized spacial score (nSPS) is 29.0. The maximum atomic E-state index is 10.8. The van der Waals surface area contributed by atoms with E-state index in [-0.39, 0.29) is 0 Å². The zero-order valence-electron chi connectivity index (χ0n) is 10.2. The standard InChI is InChI=1S/C14H23NO/c15-12-13(8-4-1-2-5-9-13)14(16)10-6-3-7-11-14/h16H,1-11H2. The van der Waals surface area contributed by atoms with E-state index in [2.05, 4.69) is 6.07 Å². The third-order valence-electron chi connectivity index (χ3n) is 4.74. The van der Waals surface area contributed by atoms with Crippen LogP contribution in [0.2, 0.25) is 0 Å². The van der Waals surface area contributed by atoms with Crippen LogP contribution in [0, 0.1) is 16.7 Å². The lowest BCUT2D eigenvalue weighted by atomic mass is 9.62. The van der Waals surface area contributed by atoms with E-state index in [1.54, 1.807) is 0 Å². The lowest BCUT2D eigenvalue weighted by Gasteiger charge is -2.45. The van der Waals surface area contributed by atoms with Crippen LogP contribution in [0.3, 0.4) is 0 Å². The van der Waals surface area contributed by atoms with Crippen LogP contribution in [0.1, 0.15) is 70.6 Å². The molecule has 2 aliphatic rings. The van der Waals surface area contributed by atoms with Crippen LogP contribution < -0.4 is 0 Å². The molecule has 0 amide bonds. The van der Waals surface area contributed by atoms with Crippen LogP contribution in [-0.2, 0) is 0 Å². The molecule has 2 fully saturated rings. The summed E-state index contributed by atoms with van der Waals surface area (Å²) < 4.78 is 0. The van der Waals surface area contributed by atoms with Gasteiger partial charge in [0.15, 0.2) is 0 Å². The molecule has 90 valence electrons. The van der Waals surface area contributed by atoms with Gasteiger partial charge >= 0.3 is 0 Å². The Morgan fingerprint density at radius 2 is 1.19 bits per heavy atom. The van der Waals surface area contributed by atoms with Gasteiger partial charge in [-0.1, -0.05) is 44.9 Å². The highest BCUT2D eigenvalue weighted by Crippen LogP contribution is 2.49. The third-order valence-corrected chi connectivity index (χ3v) is 4.74. The zero-order chi connectivity index (χ0) is 11.5. The maximum absolute atomic E-state index is 10.8. The van der Waals surface area contributed by atoms with Gasteiger partial charge in [-0.15, -0.1) is 0 Å². The molecule has 0 aromatic carbocycles. The second kappa shape index (κ2) is 4.75. The van der Waals surface area contributed by atoms with Gasteiger partial charge in [-0.3, -0.25) is 0 Å². The van der Waals surface area contributed by atoms with E-state index < -0.39 is 11.0 Å². The van der Waals surface area contributed by atoms with E-state index in [4.69, 9.17) is 0 Å². The summed E-state index contributed by atoms with van der Waals surface area (Å²) in [5.41, 5.74) is -1.10. The lowest BCUT2D eigenvalue weighted by Crippen LogP contribution is -2.48. The van der Waals surface area contributed by atoms with Crippen molar-refractivity contribution in [1.29, 1.82) is 5.26 Å². The number of aliphatic hydroxyl groups is 1. The fourth-order valence-corrected chi connectivity index (χ4v) is 3.63. The molecule has 0 spiro atoms. The predicted molar refractivity (Wildman–Crippen MR) is 63.8 cm³/mol. The molecule has 0 aromatic rings. The van der Waals surface area contributed by atoms with Gasteiger partial charge in [0.05, 0.1) is 17.1 Å². The molecule has 2 aliphatic carbocycles. The Labute approximate surface area is 98.7 Å². The van der Waals surface area contributed by atoms with Crippen molar-refractivity contribution in [3.05, 3.63) is 0 Å². The molecule has 0 heterocycles. The molecule has 0 bridgehead atoms. The van der Waals surface area contributed by atoms with Crippen LogP contribution in [0.15, 0.2) is 0 Å². The van der Waals surface area contributed by atoms with Crippen molar-refractivity contribution in [2.24, 2.45) is 5.41 Å². The molecule has 0 radical (unpaired) electrons. The molecule has 0 unspecified atom stereocenters. The third kappa shape index (κ3) is 1.98. The highest BCUT2D eigenvalue weighted by Gasteiger charge is 2.50. The van der Waals surface area contributed by atoms with Crippen LogP contribution in [0.5, 0.6) is 0 Å². The van der Waals surface area contributed by atoms with Gasteiger partial charge in [-0.2, -0.15) is 5.26 Å². The molecular formula is C14H23NO. The van der Waals surface area contributed by atoms with Gasteiger partial charge in [0.1, 0.15) is 0 Å². The van der Waals surface area contributed by atoms with Crippen molar-refractivity contribution in [2.75, 3.05) is 0 Å². The summed E-state index contributed by atoms with van der Waals surface area (Å²) in [6, 6.07) is 2.52. The molecule has 2 saturated carbocycles. The molecule has 0 aromatic heterocycles. The summed E-state index contributed by atoms with van der Waals surface area (Å²) in [6.45, 7) is 0. The first-order valence-corrected chi connectivity index (χ1v) is 6.86. The molecule has 2 rings (SSSR count). The van der Waals surface area contributed by atoms with Crippen molar-refractivity contribution in [3.63, 3.8) is 0 Å². The highest BCUT2D eigenvalue weighted by molar-refractivity contribution is 5.12. The van der Waals surface area contributed by atoms with Crippen molar-refractivity contribution < 1.29 is 5.11 Å². The average Bonchev–Trinajstić information content (AvgIpc) is 2.56. The van der Waals surface area contributed by atoms with Gasteiger partial charge < -0.3 is 5.11 Å². The van der Waals surface area contributed by atoms with E-state index in [0.717, 1.165) is 51.4 Å². The fourth-order valence-electron chi connectivity index (χ4n) is 3.63. The topological polar surface area (TPSA) is 44.0 Å². The number of hydrogen-bond acceptors (Lipinski definition) is 2. The Hall–Kier alpha value is -0.550. The molecule has 16 heavy (non-hydrogen) atoms. The second-order valence-electron chi connectivity index (χ2n) is 5.70. The van der Waals surface area contributed by atoms with Crippen LogP contribution in [0.4, 0.5) is 0 Å². The van der Waals surface area contributed by atoms with Crippen LogP contribution >= 0.6 is 0 Å². The lowest BCUT2D eigenvalue weighted by molar-refractivity contribution is -0.0891. The number of nitriles is 1. The van der Waals surface area contributed by atoms with E-state index in [1.807, 2.05) is 0 Å². The van der Waals surface area contributed by atoms with Crippen LogP contribution in [0.25, 0.3) is 0 Å². The van der Waals surface area contributed by atoms with Gasteiger partial charge in [-0.25, -0.2) is 0 Å². The summed E-state index contributed by atoms with van der Waals surface area (Å²) in [5, 5.41) is 20.4. The summed E-state index contributed by atoms with van der Waals surface area (Å²) in [5.74, 6) is 0. The van der Waals surface area contributed by atoms with Crippen LogP contribution in [-0.4, -0.2) is 10.7 Å². The smallest absolute Gasteiger partial charge is 0.0860 e. The van der Waals surface area contributed by atoms with Crippen molar-refractivity contribution in [1.82, 2.24) is 0 Å². The molecule has 1 N–H and O–H groups in total. The minimum absolute atomic E-state index is 0.427. The predicted octanol–water partition coefficient (Wildman–Crippen LogP) is 3.55. The van der Waals surface area contributed by atoms with E-state index in [1.165, 1.54) is 19.3 Å². The largest absolute Gasteiger partial charge is 0.388 e. The summed E-state index contributed by atoms with van der Waals surface area (Å²) in [4.78, 5) is 0. The minimum Gasteiger partial charge on any atom is -0.388 e. The first-order valence-electron chi connectivity index (χ1n) is 6.86. The average molecular weight is 221 g/mol. The Morgan fingerprint density at radius 1 is 0.750 bits per heavy atom. The number of nitrogens with zero attached hydrogens (tertiary/aromatic N) is 1. The Kier molecular flexibility index (Phi) is 3.54. The molecule has 0 saturated heterocycles. The van der Waals surface area contributed by atoms with Crippen molar-refractivity contribution in [3.8, 4) is 6.07 Å². The minimum atomic E-state index is -0.676. The second-order valence-corrected chi connectivity index (χ2v) is 5.70. The van der Waals surface area contributed by atoms with E-state index >= 15 is 0 Å². The molecule has 0 atom stereocenters. The summed E-state index contributed by atoms with van der Waals surface area (Å²) in [6.07, 6.45) is 11.7. The molecule has 2 heteroatoms. The molecule has 0 aliphatic heterocycles. The first-order chi connectivity index (χ1) is 7.72. The molecule has 2 nitrogen and oxygen atoms in total. The number of rotatable bonds is 1. The number of hydrogen-bond donors (Lipinski definition) is 1. The monoisotopic (exact) mass is 221 g/mol. The van der Waals surface area contributed by atoms with Gasteiger partial charge in [0.2, 0.25) is 0 Å². The Bertz CT molecular complexity index is 265. The molecular weight excluding hydrogens is 198 g/mol. The van der Waals surface area contributed by atoms with Crippen molar-refractivity contribution >= 4 is 0 Å². The summed E-state index contributed by atoms with van der Waals surface area (Å²) >= 11 is 0. The van der Waals surface area contributed by atoms with Crippen molar-refractivity contribution in [2.45, 2.75) is 76.2 Å². The maximum Gasteiger partial charge on any atom is 0.0860 e. The fraction of sp³-hybridized carbons (Fsp3) is 0.929. The zero-order valence-corrected chi connectivity index (χ0v) is 10.2. The Balaban J connectivity index is 2.21. The van der Waals surface area contributed by atoms with E-state index in [9.17, 15) is 10.4 Å². The van der Waals surface area contributed by atoms with E-state index in [0.29, 0.717) is 0 Å². The summed E-state index contributed by atoms with van der Waals surface area (Å²) in [7, 11) is 0. The first kappa shape index (κ1) is 11.9. The highest BCUT2D eigenvalue weighted by atomic mass is 16.3. The Morgan fingerprint density at radius 3 is 1.69 bits per heavy atom. The quantitative estimate of drug-likeness (QED) is 0.688. The SMILES string of the molecule is N#CC1(C2(O)CCCCC2)CCCCCC1.